The molecule has 1 atom stereocenters. The molecule has 1 N–H and O–H groups in total. The highest BCUT2D eigenvalue weighted by Gasteiger charge is 2.16. The molecule has 0 amide bonds. The largest absolute Gasteiger partial charge is 0.462 e. The summed E-state index contributed by atoms with van der Waals surface area (Å²) in [4.78, 5) is 24.1. The maximum absolute atomic E-state index is 12.1. The maximum Gasteiger partial charge on any atom is 0.306 e. The summed E-state index contributed by atoms with van der Waals surface area (Å²) in [5, 5.41) is 9.50. The number of rotatable bonds is 31. The topological polar surface area (TPSA) is 72.8 Å². The highest BCUT2D eigenvalue weighted by Crippen LogP contribution is 2.15. The summed E-state index contributed by atoms with van der Waals surface area (Å²) < 4.78 is 10.6. The molecule has 238 valence electrons. The van der Waals surface area contributed by atoms with Crippen LogP contribution in [0.5, 0.6) is 0 Å². The SMILES string of the molecule is CCCCCCCCCCCCCC(=O)OC[C@H](CO)OC(=O)CCCCCCCCCCCCCCC(C)C. The lowest BCUT2D eigenvalue weighted by Gasteiger charge is -2.15. The Labute approximate surface area is 248 Å². The Kier molecular flexibility index (Phi) is 30.0. The molecular formula is C35H68O5. The third-order valence-electron chi connectivity index (χ3n) is 7.83. The van der Waals surface area contributed by atoms with Gasteiger partial charge in [0.1, 0.15) is 6.61 Å². The van der Waals surface area contributed by atoms with Gasteiger partial charge >= 0.3 is 11.9 Å². The van der Waals surface area contributed by atoms with Gasteiger partial charge < -0.3 is 14.6 Å². The van der Waals surface area contributed by atoms with Crippen LogP contribution in [0.1, 0.15) is 188 Å². The Balaban J connectivity index is 3.53. The number of aliphatic hydroxyl groups excluding tert-OH is 1. The molecule has 0 spiro atoms. The molecule has 0 unspecified atom stereocenters. The first-order valence-corrected chi connectivity index (χ1v) is 17.5. The van der Waals surface area contributed by atoms with Crippen molar-refractivity contribution in [3.8, 4) is 0 Å². The zero-order valence-electron chi connectivity index (χ0n) is 27.0. The normalized spacial score (nSPS) is 12.1. The first kappa shape index (κ1) is 38.9. The van der Waals surface area contributed by atoms with Gasteiger partial charge in [0, 0.05) is 12.8 Å². The molecule has 0 aromatic heterocycles. The van der Waals surface area contributed by atoms with Crippen LogP contribution in [0.3, 0.4) is 0 Å². The molecule has 0 fully saturated rings. The standard InChI is InChI=1S/C35H68O5/c1-4-5-6-7-8-9-12-16-19-22-25-28-34(37)39-31-33(30-36)40-35(38)29-26-23-20-17-14-11-10-13-15-18-21-24-27-32(2)3/h32-33,36H,4-31H2,1-3H3/t33-/m0/s1. The van der Waals surface area contributed by atoms with E-state index in [1.165, 1.54) is 116 Å². The molecule has 0 heterocycles. The van der Waals surface area contributed by atoms with Crippen LogP contribution in [0.25, 0.3) is 0 Å². The summed E-state index contributed by atoms with van der Waals surface area (Å²) in [7, 11) is 0. The van der Waals surface area contributed by atoms with Gasteiger partial charge in [-0.1, -0.05) is 162 Å². The van der Waals surface area contributed by atoms with Crippen LogP contribution in [0, 0.1) is 5.92 Å². The van der Waals surface area contributed by atoms with Crippen molar-refractivity contribution in [1.29, 1.82) is 0 Å². The van der Waals surface area contributed by atoms with Crippen molar-refractivity contribution in [2.75, 3.05) is 13.2 Å². The van der Waals surface area contributed by atoms with Crippen molar-refractivity contribution < 1.29 is 24.2 Å². The van der Waals surface area contributed by atoms with E-state index in [2.05, 4.69) is 20.8 Å². The van der Waals surface area contributed by atoms with Gasteiger partial charge in [-0.15, -0.1) is 0 Å². The molecule has 5 nitrogen and oxygen atoms in total. The van der Waals surface area contributed by atoms with Crippen LogP contribution in [0.2, 0.25) is 0 Å². The lowest BCUT2D eigenvalue weighted by molar-refractivity contribution is -0.161. The molecule has 0 bridgehead atoms. The molecule has 5 heteroatoms. The molecule has 0 rings (SSSR count). The fourth-order valence-corrected chi connectivity index (χ4v) is 5.15. The number of unbranched alkanes of at least 4 members (excludes halogenated alkanes) is 21. The fraction of sp³-hybridized carbons (Fsp3) is 0.943. The second kappa shape index (κ2) is 30.8. The summed E-state index contributed by atoms with van der Waals surface area (Å²) >= 11 is 0. The van der Waals surface area contributed by atoms with Crippen LogP contribution in [-0.2, 0) is 19.1 Å². The average molecular weight is 569 g/mol. The number of hydrogen-bond acceptors (Lipinski definition) is 5. The number of ether oxygens (including phenoxy) is 2. The highest BCUT2D eigenvalue weighted by molar-refractivity contribution is 5.70. The van der Waals surface area contributed by atoms with Gasteiger partial charge in [0.05, 0.1) is 6.61 Å². The molecule has 0 saturated carbocycles. The number of hydrogen-bond donors (Lipinski definition) is 1. The van der Waals surface area contributed by atoms with E-state index < -0.39 is 6.10 Å². The summed E-state index contributed by atoms with van der Waals surface area (Å²) in [6.07, 6.45) is 30.1. The van der Waals surface area contributed by atoms with Crippen LogP contribution in [0.4, 0.5) is 0 Å². The van der Waals surface area contributed by atoms with E-state index in [0.717, 1.165) is 44.4 Å². The van der Waals surface area contributed by atoms with Crippen molar-refractivity contribution in [2.45, 2.75) is 194 Å². The summed E-state index contributed by atoms with van der Waals surface area (Å²) in [5.74, 6) is 0.259. The van der Waals surface area contributed by atoms with E-state index in [4.69, 9.17) is 9.47 Å². The summed E-state index contributed by atoms with van der Waals surface area (Å²) in [6, 6.07) is 0. The fourth-order valence-electron chi connectivity index (χ4n) is 5.15. The molecule has 0 saturated heterocycles. The minimum atomic E-state index is -0.760. The zero-order valence-corrected chi connectivity index (χ0v) is 27.0. The number of aliphatic hydroxyl groups is 1. The average Bonchev–Trinajstić information content (AvgIpc) is 2.93. The monoisotopic (exact) mass is 569 g/mol. The second-order valence-electron chi connectivity index (χ2n) is 12.4. The first-order valence-electron chi connectivity index (χ1n) is 17.5. The zero-order chi connectivity index (χ0) is 29.5. The summed E-state index contributed by atoms with van der Waals surface area (Å²) in [6.45, 7) is 6.48. The quantitative estimate of drug-likeness (QED) is 0.0665. The Hall–Kier alpha value is -1.10. The number of carbonyl (C=O) groups excluding carboxylic acids is 2. The van der Waals surface area contributed by atoms with Gasteiger partial charge in [-0.3, -0.25) is 9.59 Å². The predicted octanol–water partition coefficient (Wildman–Crippen LogP) is 10.3. The molecule has 0 radical (unpaired) electrons. The smallest absolute Gasteiger partial charge is 0.306 e. The number of esters is 2. The van der Waals surface area contributed by atoms with Crippen LogP contribution >= 0.6 is 0 Å². The highest BCUT2D eigenvalue weighted by atomic mass is 16.6. The van der Waals surface area contributed by atoms with E-state index in [0.29, 0.717) is 12.8 Å². The molecule has 40 heavy (non-hydrogen) atoms. The van der Waals surface area contributed by atoms with Crippen molar-refractivity contribution in [3.05, 3.63) is 0 Å². The van der Waals surface area contributed by atoms with Gasteiger partial charge in [-0.05, 0) is 18.8 Å². The predicted molar refractivity (Wildman–Crippen MR) is 168 cm³/mol. The van der Waals surface area contributed by atoms with Gasteiger partial charge in [0.2, 0.25) is 0 Å². The second-order valence-corrected chi connectivity index (χ2v) is 12.4. The molecular weight excluding hydrogens is 500 g/mol. The van der Waals surface area contributed by atoms with E-state index in [1.54, 1.807) is 0 Å². The molecule has 0 aliphatic heterocycles. The van der Waals surface area contributed by atoms with Crippen molar-refractivity contribution in [2.24, 2.45) is 5.92 Å². The Bertz CT molecular complexity index is 548. The van der Waals surface area contributed by atoms with Gasteiger partial charge in [-0.25, -0.2) is 0 Å². The van der Waals surface area contributed by atoms with Crippen molar-refractivity contribution >= 4 is 11.9 Å². The van der Waals surface area contributed by atoms with E-state index in [1.807, 2.05) is 0 Å². The molecule has 0 aliphatic carbocycles. The number of carbonyl (C=O) groups is 2. The minimum Gasteiger partial charge on any atom is -0.462 e. The van der Waals surface area contributed by atoms with E-state index >= 15 is 0 Å². The third-order valence-corrected chi connectivity index (χ3v) is 7.83. The Morgan fingerprint density at radius 2 is 0.925 bits per heavy atom. The minimum absolute atomic E-state index is 0.0585. The van der Waals surface area contributed by atoms with Gasteiger partial charge in [-0.2, -0.15) is 0 Å². The lowest BCUT2D eigenvalue weighted by atomic mass is 10.0. The van der Waals surface area contributed by atoms with Gasteiger partial charge in [0.25, 0.3) is 0 Å². The van der Waals surface area contributed by atoms with Crippen molar-refractivity contribution in [1.82, 2.24) is 0 Å². The third kappa shape index (κ3) is 29.9. The van der Waals surface area contributed by atoms with E-state index in [9.17, 15) is 14.7 Å². The first-order chi connectivity index (χ1) is 19.5. The van der Waals surface area contributed by atoms with Gasteiger partial charge in [0.15, 0.2) is 6.10 Å². The molecule has 0 aromatic carbocycles. The van der Waals surface area contributed by atoms with E-state index in [-0.39, 0.29) is 25.2 Å². The Morgan fingerprint density at radius 3 is 1.32 bits per heavy atom. The lowest BCUT2D eigenvalue weighted by Crippen LogP contribution is -2.28. The molecule has 0 aromatic rings. The van der Waals surface area contributed by atoms with Crippen molar-refractivity contribution in [3.63, 3.8) is 0 Å². The molecule has 0 aliphatic rings. The van der Waals surface area contributed by atoms with Crippen LogP contribution < -0.4 is 0 Å². The van der Waals surface area contributed by atoms with Crippen LogP contribution in [0.15, 0.2) is 0 Å². The van der Waals surface area contributed by atoms with Crippen LogP contribution in [-0.4, -0.2) is 36.4 Å². The Morgan fingerprint density at radius 1 is 0.550 bits per heavy atom. The summed E-state index contributed by atoms with van der Waals surface area (Å²) in [5.41, 5.74) is 0. The maximum atomic E-state index is 12.1.